The zero-order chi connectivity index (χ0) is 26.3. The van der Waals surface area contributed by atoms with E-state index in [1.165, 1.54) is 4.31 Å². The smallest absolute Gasteiger partial charge is 0.242 e. The van der Waals surface area contributed by atoms with Gasteiger partial charge < -0.3 is 10.2 Å². The molecule has 3 rings (SSSR count). The topological polar surface area (TPSA) is 86.8 Å². The molecule has 0 aliphatic heterocycles. The number of nitrogens with zero attached hydrogens (tertiary/aromatic N) is 2. The van der Waals surface area contributed by atoms with E-state index < -0.39 is 16.1 Å². The van der Waals surface area contributed by atoms with Crippen LogP contribution in [0, 0.1) is 6.92 Å². The average molecular weight is 534 g/mol. The summed E-state index contributed by atoms with van der Waals surface area (Å²) in [6.45, 7) is 4.12. The van der Waals surface area contributed by atoms with E-state index in [9.17, 15) is 18.0 Å². The molecule has 9 heteroatoms. The maximum Gasteiger partial charge on any atom is 0.242 e. The maximum absolute atomic E-state index is 13.4. The molecule has 2 aromatic rings. The number of halogens is 1. The highest BCUT2D eigenvalue weighted by Gasteiger charge is 2.28. The number of anilines is 1. The van der Waals surface area contributed by atoms with E-state index in [0.29, 0.717) is 17.1 Å². The van der Waals surface area contributed by atoms with Crippen LogP contribution in [0.5, 0.6) is 0 Å². The fourth-order valence-electron chi connectivity index (χ4n) is 4.48. The Kier molecular flexibility index (Phi) is 9.79. The van der Waals surface area contributed by atoms with E-state index in [1.54, 1.807) is 36.1 Å². The Morgan fingerprint density at radius 3 is 2.25 bits per heavy atom. The van der Waals surface area contributed by atoms with Gasteiger partial charge in [0.2, 0.25) is 21.8 Å². The molecule has 2 aromatic carbocycles. The number of carbonyl (C=O) groups is 2. The minimum atomic E-state index is -3.51. The molecular weight excluding hydrogens is 498 g/mol. The van der Waals surface area contributed by atoms with Gasteiger partial charge in [-0.3, -0.25) is 13.9 Å². The molecule has 1 aliphatic carbocycles. The van der Waals surface area contributed by atoms with E-state index in [2.05, 4.69) is 5.32 Å². The molecule has 1 fully saturated rings. The molecule has 0 spiro atoms. The fourth-order valence-corrected chi connectivity index (χ4v) is 5.57. The minimum Gasteiger partial charge on any atom is -0.352 e. The number of rotatable bonds is 11. The van der Waals surface area contributed by atoms with E-state index in [1.807, 2.05) is 31.2 Å². The third-order valence-corrected chi connectivity index (χ3v) is 8.06. The van der Waals surface area contributed by atoms with Crippen molar-refractivity contribution in [1.82, 2.24) is 10.2 Å². The van der Waals surface area contributed by atoms with Gasteiger partial charge >= 0.3 is 0 Å². The molecule has 0 heterocycles. The monoisotopic (exact) mass is 533 g/mol. The summed E-state index contributed by atoms with van der Waals surface area (Å²) in [5.41, 5.74) is 2.47. The van der Waals surface area contributed by atoms with Crippen LogP contribution in [0.4, 0.5) is 5.69 Å². The third kappa shape index (κ3) is 7.96. The molecule has 0 saturated heterocycles. The molecule has 0 aromatic heterocycles. The largest absolute Gasteiger partial charge is 0.352 e. The summed E-state index contributed by atoms with van der Waals surface area (Å²) >= 11 is 6.01. The minimum absolute atomic E-state index is 0.118. The number of benzene rings is 2. The molecule has 2 amide bonds. The second-order valence-corrected chi connectivity index (χ2v) is 11.9. The van der Waals surface area contributed by atoms with E-state index in [4.69, 9.17) is 11.6 Å². The summed E-state index contributed by atoms with van der Waals surface area (Å²) in [6.07, 6.45) is 5.74. The van der Waals surface area contributed by atoms with Gasteiger partial charge in [0.05, 0.1) is 11.9 Å². The Balaban J connectivity index is 1.70. The number of hydrogen-bond acceptors (Lipinski definition) is 4. The number of hydrogen-bond donors (Lipinski definition) is 1. The second kappa shape index (κ2) is 12.6. The molecule has 1 aliphatic rings. The van der Waals surface area contributed by atoms with Crippen molar-refractivity contribution in [1.29, 1.82) is 0 Å². The predicted molar refractivity (Wildman–Crippen MR) is 144 cm³/mol. The Morgan fingerprint density at radius 2 is 1.67 bits per heavy atom. The average Bonchev–Trinajstić information content (AvgIpc) is 3.34. The third-order valence-electron chi connectivity index (χ3n) is 6.61. The van der Waals surface area contributed by atoms with Gasteiger partial charge in [-0.25, -0.2) is 8.42 Å². The van der Waals surface area contributed by atoms with Crippen LogP contribution in [0.25, 0.3) is 0 Å². The molecule has 7 nitrogen and oxygen atoms in total. The Labute approximate surface area is 219 Å². The molecular formula is C27H36ClN3O4S. The van der Waals surface area contributed by atoms with Gasteiger partial charge in [-0.2, -0.15) is 0 Å². The highest BCUT2D eigenvalue weighted by Crippen LogP contribution is 2.21. The standard InChI is InChI=1S/C27H36ClN3O4S/c1-20-10-16-25(17-11-20)31(36(3,34)35)18-6-9-26(32)30(19-22-12-14-23(28)15-13-22)21(2)27(33)29-24-7-4-5-8-24/h10-17,21,24H,4-9,18-19H2,1-3H3,(H,29,33)/t21-/m0/s1. The van der Waals surface area contributed by atoms with Crippen molar-refractivity contribution in [3.05, 3.63) is 64.7 Å². The normalized spacial score (nSPS) is 14.9. The lowest BCUT2D eigenvalue weighted by Crippen LogP contribution is -2.49. The molecule has 1 saturated carbocycles. The predicted octanol–water partition coefficient (Wildman–Crippen LogP) is 4.67. The second-order valence-electron chi connectivity index (χ2n) is 9.59. The first-order valence-electron chi connectivity index (χ1n) is 12.4. The number of amides is 2. The summed E-state index contributed by atoms with van der Waals surface area (Å²) in [7, 11) is -3.51. The van der Waals surface area contributed by atoms with Crippen molar-refractivity contribution in [3.63, 3.8) is 0 Å². The summed E-state index contributed by atoms with van der Waals surface area (Å²) in [5, 5.41) is 3.69. The van der Waals surface area contributed by atoms with Gasteiger partial charge in [-0.15, -0.1) is 0 Å². The van der Waals surface area contributed by atoms with E-state index >= 15 is 0 Å². The Bertz CT molecular complexity index is 1130. The first-order valence-corrected chi connectivity index (χ1v) is 14.7. The first-order chi connectivity index (χ1) is 17.0. The van der Waals surface area contributed by atoms with Crippen LogP contribution < -0.4 is 9.62 Å². The Hall–Kier alpha value is -2.58. The van der Waals surface area contributed by atoms with Crippen LogP contribution in [0.15, 0.2) is 48.5 Å². The van der Waals surface area contributed by atoms with Crippen LogP contribution in [0.3, 0.4) is 0 Å². The van der Waals surface area contributed by atoms with Crippen LogP contribution in [-0.2, 0) is 26.2 Å². The quantitative estimate of drug-likeness (QED) is 0.454. The van der Waals surface area contributed by atoms with E-state index in [-0.39, 0.29) is 37.4 Å². The van der Waals surface area contributed by atoms with Crippen LogP contribution >= 0.6 is 11.6 Å². The van der Waals surface area contributed by atoms with Crippen LogP contribution in [-0.4, -0.2) is 50.0 Å². The van der Waals surface area contributed by atoms with Gasteiger partial charge in [0.15, 0.2) is 0 Å². The van der Waals surface area contributed by atoms with Crippen LogP contribution in [0.1, 0.15) is 56.6 Å². The Morgan fingerprint density at radius 1 is 1.06 bits per heavy atom. The molecule has 1 atom stereocenters. The zero-order valence-electron chi connectivity index (χ0n) is 21.2. The number of nitrogens with one attached hydrogen (secondary N) is 1. The first kappa shape index (κ1) is 28.0. The summed E-state index contributed by atoms with van der Waals surface area (Å²) in [4.78, 5) is 27.9. The lowest BCUT2D eigenvalue weighted by molar-refractivity contribution is -0.141. The summed E-state index contributed by atoms with van der Waals surface area (Å²) in [5.74, 6) is -0.363. The maximum atomic E-state index is 13.4. The van der Waals surface area contributed by atoms with Crippen molar-refractivity contribution in [2.45, 2.75) is 71.0 Å². The van der Waals surface area contributed by atoms with Crippen molar-refractivity contribution < 1.29 is 18.0 Å². The number of aryl methyl sites for hydroxylation is 1. The van der Waals surface area contributed by atoms with Gasteiger partial charge in [0.1, 0.15) is 6.04 Å². The van der Waals surface area contributed by atoms with Crippen molar-refractivity contribution in [2.24, 2.45) is 0 Å². The van der Waals surface area contributed by atoms with Gasteiger partial charge in [-0.05, 0) is 62.9 Å². The molecule has 1 N–H and O–H groups in total. The SMILES string of the molecule is Cc1ccc(N(CCCC(=O)N(Cc2ccc(Cl)cc2)[C@@H](C)C(=O)NC2CCCC2)S(C)(=O)=O)cc1. The van der Waals surface area contributed by atoms with Gasteiger partial charge in [-0.1, -0.05) is 54.3 Å². The highest BCUT2D eigenvalue weighted by atomic mass is 35.5. The number of carbonyl (C=O) groups excluding carboxylic acids is 2. The fraction of sp³-hybridized carbons (Fsp3) is 0.481. The zero-order valence-corrected chi connectivity index (χ0v) is 22.8. The summed E-state index contributed by atoms with van der Waals surface area (Å²) < 4.78 is 26.2. The lowest BCUT2D eigenvalue weighted by Gasteiger charge is -2.30. The lowest BCUT2D eigenvalue weighted by atomic mass is 10.1. The van der Waals surface area contributed by atoms with E-state index in [0.717, 1.165) is 43.1 Å². The molecule has 0 unspecified atom stereocenters. The molecule has 0 bridgehead atoms. The molecule has 196 valence electrons. The summed E-state index contributed by atoms with van der Waals surface area (Å²) in [6, 6.07) is 13.9. The van der Waals surface area contributed by atoms with Crippen molar-refractivity contribution in [3.8, 4) is 0 Å². The highest BCUT2D eigenvalue weighted by molar-refractivity contribution is 7.92. The van der Waals surface area contributed by atoms with Gasteiger partial charge in [0.25, 0.3) is 0 Å². The van der Waals surface area contributed by atoms with Crippen LogP contribution in [0.2, 0.25) is 5.02 Å². The number of sulfonamides is 1. The van der Waals surface area contributed by atoms with Crippen molar-refractivity contribution in [2.75, 3.05) is 17.1 Å². The van der Waals surface area contributed by atoms with Gasteiger partial charge in [0, 0.05) is 30.6 Å². The molecule has 0 radical (unpaired) electrons. The van der Waals surface area contributed by atoms with Crippen molar-refractivity contribution >= 4 is 39.1 Å². The molecule has 36 heavy (non-hydrogen) atoms.